The molecule has 1 aromatic heterocycles. The summed E-state index contributed by atoms with van der Waals surface area (Å²) in [6.07, 6.45) is 3.00. The quantitative estimate of drug-likeness (QED) is 0.829. The van der Waals surface area contributed by atoms with Gasteiger partial charge < -0.3 is 10.4 Å². The number of carbonyl (C=O) groups is 2. The maximum absolute atomic E-state index is 13.1. The van der Waals surface area contributed by atoms with Crippen molar-refractivity contribution in [3.63, 3.8) is 0 Å². The molecule has 0 spiro atoms. The van der Waals surface area contributed by atoms with E-state index in [4.69, 9.17) is 11.6 Å². The molecule has 4 rings (SSSR count). The zero-order valence-electron chi connectivity index (χ0n) is 14.1. The van der Waals surface area contributed by atoms with E-state index in [1.807, 2.05) is 6.07 Å². The van der Waals surface area contributed by atoms with Crippen LogP contribution < -0.4 is 5.32 Å². The third-order valence-electron chi connectivity index (χ3n) is 5.14. The van der Waals surface area contributed by atoms with Gasteiger partial charge in [-0.05, 0) is 61.5 Å². The van der Waals surface area contributed by atoms with Crippen LogP contribution in [0.2, 0.25) is 5.02 Å². The normalized spacial score (nSPS) is 19.3. The number of rotatable bonds is 4. The van der Waals surface area contributed by atoms with Gasteiger partial charge in [0.2, 0.25) is 0 Å². The van der Waals surface area contributed by atoms with Gasteiger partial charge in [0, 0.05) is 22.0 Å². The lowest BCUT2D eigenvalue weighted by atomic mass is 9.91. The lowest BCUT2D eigenvalue weighted by Crippen LogP contribution is -2.56. The average molecular weight is 391 g/mol. The van der Waals surface area contributed by atoms with Crippen LogP contribution in [0.1, 0.15) is 47.7 Å². The van der Waals surface area contributed by atoms with Gasteiger partial charge in [-0.25, -0.2) is 4.79 Å². The van der Waals surface area contributed by atoms with E-state index < -0.39 is 11.5 Å². The third-order valence-corrected chi connectivity index (χ3v) is 6.36. The summed E-state index contributed by atoms with van der Waals surface area (Å²) in [6.45, 7) is 0. The fourth-order valence-corrected chi connectivity index (χ4v) is 4.75. The predicted molar refractivity (Wildman–Crippen MR) is 103 cm³/mol. The molecule has 7 heteroatoms. The van der Waals surface area contributed by atoms with E-state index in [1.165, 1.54) is 0 Å². The summed E-state index contributed by atoms with van der Waals surface area (Å²) in [5.74, 6) is 0.507. The lowest BCUT2D eigenvalue weighted by molar-refractivity contribution is -0.144. The number of nitrogens with zero attached hydrogens (tertiary/aromatic N) is 1. The van der Waals surface area contributed by atoms with Crippen molar-refractivity contribution in [2.75, 3.05) is 11.5 Å². The standard InChI is InChI=1S/C19H19ClN2O3S/c20-12-3-4-15-13(9-12)14(10-16(21-15)11-1-2-11)17(23)22-19(18(24)25)5-7-26-8-6-19/h3-4,9-11H,1-2,5-8H2,(H,22,23)(H,24,25). The van der Waals surface area contributed by atoms with Gasteiger partial charge in [-0.3, -0.25) is 9.78 Å². The summed E-state index contributed by atoms with van der Waals surface area (Å²) in [6, 6.07) is 7.09. The van der Waals surface area contributed by atoms with E-state index in [1.54, 1.807) is 30.0 Å². The van der Waals surface area contributed by atoms with Crippen LogP contribution in [0.5, 0.6) is 0 Å². The molecule has 1 aliphatic carbocycles. The zero-order chi connectivity index (χ0) is 18.3. The van der Waals surface area contributed by atoms with Gasteiger partial charge in [-0.1, -0.05) is 11.6 Å². The van der Waals surface area contributed by atoms with E-state index >= 15 is 0 Å². The summed E-state index contributed by atoms with van der Waals surface area (Å²) in [7, 11) is 0. The number of thioether (sulfide) groups is 1. The molecule has 1 saturated carbocycles. The fourth-order valence-electron chi connectivity index (χ4n) is 3.39. The van der Waals surface area contributed by atoms with Crippen molar-refractivity contribution in [2.24, 2.45) is 0 Å². The van der Waals surface area contributed by atoms with E-state index in [0.717, 1.165) is 30.0 Å². The minimum Gasteiger partial charge on any atom is -0.480 e. The molecular weight excluding hydrogens is 372 g/mol. The van der Waals surface area contributed by atoms with Gasteiger partial charge in [0.25, 0.3) is 5.91 Å². The number of nitrogens with one attached hydrogen (secondary N) is 1. The maximum atomic E-state index is 13.1. The molecule has 2 aliphatic rings. The molecular formula is C19H19ClN2O3S. The molecule has 1 aromatic carbocycles. The number of benzene rings is 1. The van der Waals surface area contributed by atoms with Crippen molar-refractivity contribution in [1.82, 2.24) is 10.3 Å². The monoisotopic (exact) mass is 390 g/mol. The largest absolute Gasteiger partial charge is 0.480 e. The Hall–Kier alpha value is -1.79. The number of hydrogen-bond donors (Lipinski definition) is 2. The SMILES string of the molecule is O=C(NC1(C(=O)O)CCSCC1)c1cc(C2CC2)nc2ccc(Cl)cc12. The maximum Gasteiger partial charge on any atom is 0.329 e. The van der Waals surface area contributed by atoms with Gasteiger partial charge in [-0.2, -0.15) is 11.8 Å². The van der Waals surface area contributed by atoms with Crippen molar-refractivity contribution in [2.45, 2.75) is 37.1 Å². The van der Waals surface area contributed by atoms with Crippen LogP contribution in [0.4, 0.5) is 0 Å². The molecule has 26 heavy (non-hydrogen) atoms. The molecule has 1 amide bonds. The molecule has 2 N–H and O–H groups in total. The molecule has 2 heterocycles. The van der Waals surface area contributed by atoms with Crippen LogP contribution in [0, 0.1) is 0 Å². The second-order valence-electron chi connectivity index (χ2n) is 6.98. The van der Waals surface area contributed by atoms with Crippen LogP contribution in [0.25, 0.3) is 10.9 Å². The summed E-state index contributed by atoms with van der Waals surface area (Å²) in [5.41, 5.74) is 0.871. The van der Waals surface area contributed by atoms with Gasteiger partial charge in [0.05, 0.1) is 11.1 Å². The van der Waals surface area contributed by atoms with Gasteiger partial charge in [0.1, 0.15) is 5.54 Å². The number of carboxylic acid groups (broad SMARTS) is 1. The Kier molecular flexibility index (Phi) is 4.57. The fraction of sp³-hybridized carbons (Fsp3) is 0.421. The number of pyridine rings is 1. The van der Waals surface area contributed by atoms with Crippen molar-refractivity contribution >= 4 is 46.1 Å². The number of amides is 1. The Bertz CT molecular complexity index is 892. The molecule has 1 saturated heterocycles. The highest BCUT2D eigenvalue weighted by Gasteiger charge is 2.41. The Balaban J connectivity index is 1.75. The van der Waals surface area contributed by atoms with Gasteiger partial charge in [0.15, 0.2) is 0 Å². The Morgan fingerprint density at radius 3 is 2.62 bits per heavy atom. The Labute approximate surface area is 160 Å². The number of carbonyl (C=O) groups excluding carboxylic acids is 1. The van der Waals surface area contributed by atoms with Crippen LogP contribution in [-0.4, -0.2) is 39.0 Å². The van der Waals surface area contributed by atoms with Gasteiger partial charge >= 0.3 is 5.97 Å². The first-order valence-electron chi connectivity index (χ1n) is 8.72. The number of halogens is 1. The first-order valence-corrected chi connectivity index (χ1v) is 10.3. The first kappa shape index (κ1) is 17.6. The first-order chi connectivity index (χ1) is 12.5. The molecule has 1 aliphatic heterocycles. The second-order valence-corrected chi connectivity index (χ2v) is 8.65. The van der Waals surface area contributed by atoms with Crippen molar-refractivity contribution in [1.29, 1.82) is 0 Å². The van der Waals surface area contributed by atoms with E-state index in [9.17, 15) is 14.7 Å². The van der Waals surface area contributed by atoms with Crippen LogP contribution in [-0.2, 0) is 4.79 Å². The number of carboxylic acids is 1. The molecule has 5 nitrogen and oxygen atoms in total. The topological polar surface area (TPSA) is 79.3 Å². The zero-order valence-corrected chi connectivity index (χ0v) is 15.7. The Morgan fingerprint density at radius 2 is 1.96 bits per heavy atom. The molecule has 0 atom stereocenters. The molecule has 2 fully saturated rings. The third kappa shape index (κ3) is 3.28. The molecule has 0 bridgehead atoms. The highest BCUT2D eigenvalue weighted by atomic mass is 35.5. The predicted octanol–water partition coefficient (Wildman–Crippen LogP) is 3.85. The number of hydrogen-bond acceptors (Lipinski definition) is 4. The molecule has 136 valence electrons. The van der Waals surface area contributed by atoms with Crippen molar-refractivity contribution < 1.29 is 14.7 Å². The number of aliphatic carboxylic acids is 1. The Morgan fingerprint density at radius 1 is 1.23 bits per heavy atom. The van der Waals surface area contributed by atoms with Crippen molar-refractivity contribution in [3.8, 4) is 0 Å². The number of fused-ring (bicyclic) bond motifs is 1. The smallest absolute Gasteiger partial charge is 0.329 e. The molecule has 2 aromatic rings. The van der Waals surface area contributed by atoms with Gasteiger partial charge in [-0.15, -0.1) is 0 Å². The molecule has 0 radical (unpaired) electrons. The van der Waals surface area contributed by atoms with Crippen LogP contribution in [0.15, 0.2) is 24.3 Å². The summed E-state index contributed by atoms with van der Waals surface area (Å²) >= 11 is 7.84. The summed E-state index contributed by atoms with van der Waals surface area (Å²) in [4.78, 5) is 29.6. The minimum atomic E-state index is -1.20. The highest BCUT2D eigenvalue weighted by Crippen LogP contribution is 2.40. The summed E-state index contributed by atoms with van der Waals surface area (Å²) in [5, 5.41) is 13.7. The van der Waals surface area contributed by atoms with Crippen LogP contribution >= 0.6 is 23.4 Å². The average Bonchev–Trinajstić information content (AvgIpc) is 3.46. The minimum absolute atomic E-state index is 0.365. The van der Waals surface area contributed by atoms with E-state index in [-0.39, 0.29) is 5.91 Å². The number of aromatic nitrogens is 1. The van der Waals surface area contributed by atoms with Crippen molar-refractivity contribution in [3.05, 3.63) is 40.5 Å². The highest BCUT2D eigenvalue weighted by molar-refractivity contribution is 7.99. The van der Waals surface area contributed by atoms with E-state index in [0.29, 0.717) is 40.2 Å². The summed E-state index contributed by atoms with van der Waals surface area (Å²) < 4.78 is 0. The van der Waals surface area contributed by atoms with Crippen LogP contribution in [0.3, 0.4) is 0 Å². The second kappa shape index (κ2) is 6.74. The van der Waals surface area contributed by atoms with E-state index in [2.05, 4.69) is 10.3 Å². The lowest BCUT2D eigenvalue weighted by Gasteiger charge is -2.33. The molecule has 0 unspecified atom stereocenters.